The van der Waals surface area contributed by atoms with Crippen molar-refractivity contribution in [1.29, 1.82) is 0 Å². The van der Waals surface area contributed by atoms with Gasteiger partial charge in [-0.15, -0.1) is 0 Å². The lowest BCUT2D eigenvalue weighted by atomic mass is 10.0. The van der Waals surface area contributed by atoms with Gasteiger partial charge in [-0.1, -0.05) is 6.92 Å². The van der Waals surface area contributed by atoms with Crippen molar-refractivity contribution in [2.24, 2.45) is 5.92 Å². The molecule has 2 unspecified atom stereocenters. The van der Waals surface area contributed by atoms with Gasteiger partial charge in [-0.25, -0.2) is 8.42 Å². The molecule has 158 valence electrons. The van der Waals surface area contributed by atoms with Gasteiger partial charge in [0, 0.05) is 36.6 Å². The van der Waals surface area contributed by atoms with E-state index in [2.05, 4.69) is 13.8 Å². The molecule has 1 aromatic heterocycles. The number of carbonyl (C=O) groups excluding carboxylic acids is 1. The summed E-state index contributed by atoms with van der Waals surface area (Å²) in [4.78, 5) is 15.2. The molecule has 0 bridgehead atoms. The van der Waals surface area contributed by atoms with Gasteiger partial charge in [0.2, 0.25) is 10.0 Å². The van der Waals surface area contributed by atoms with Crippen molar-refractivity contribution in [3.63, 3.8) is 0 Å². The van der Waals surface area contributed by atoms with E-state index in [-0.39, 0.29) is 16.8 Å². The average Bonchev–Trinajstić information content (AvgIpc) is 3.04. The van der Waals surface area contributed by atoms with Crippen LogP contribution in [0.4, 0.5) is 0 Å². The van der Waals surface area contributed by atoms with Crippen molar-refractivity contribution in [2.45, 2.75) is 63.8 Å². The highest BCUT2D eigenvalue weighted by molar-refractivity contribution is 7.89. The number of aryl methyl sites for hydroxylation is 1. The van der Waals surface area contributed by atoms with Gasteiger partial charge in [-0.05, 0) is 70.1 Å². The Hall–Kier alpha value is -1.86. The van der Waals surface area contributed by atoms with Gasteiger partial charge in [0.05, 0.1) is 4.90 Å². The first-order valence-corrected chi connectivity index (χ1v) is 12.1. The molecule has 7 heteroatoms. The fourth-order valence-corrected chi connectivity index (χ4v) is 6.23. The standard InChI is InChI=1S/C22H30N2O4S/c1-15-7-6-11-23(14-15)29(26,27)18-9-10-20-19(13-18)17(3)21(28-20)22(25)24-12-5-4-8-16(24)2/h9-10,13,15-16H,4-8,11-12,14H2,1-3H3. The number of rotatable bonds is 3. The molecule has 2 saturated heterocycles. The van der Waals surface area contributed by atoms with Crippen LogP contribution in [-0.2, 0) is 10.0 Å². The minimum absolute atomic E-state index is 0.0971. The lowest BCUT2D eigenvalue weighted by molar-refractivity contribution is 0.0604. The Morgan fingerprint density at radius 1 is 1.10 bits per heavy atom. The van der Waals surface area contributed by atoms with Crippen molar-refractivity contribution in [3.8, 4) is 0 Å². The summed E-state index contributed by atoms with van der Waals surface area (Å²) in [6, 6.07) is 5.14. The van der Waals surface area contributed by atoms with Crippen LogP contribution < -0.4 is 0 Å². The van der Waals surface area contributed by atoms with Crippen LogP contribution in [0.15, 0.2) is 27.5 Å². The Morgan fingerprint density at radius 2 is 1.90 bits per heavy atom. The molecule has 1 amide bonds. The zero-order valence-electron chi connectivity index (χ0n) is 17.5. The molecule has 3 heterocycles. The highest BCUT2D eigenvalue weighted by Gasteiger charge is 2.31. The SMILES string of the molecule is Cc1c(C(=O)N2CCCCC2C)oc2ccc(S(=O)(=O)N3CCCC(C)C3)cc12. The highest BCUT2D eigenvalue weighted by Crippen LogP contribution is 2.32. The van der Waals surface area contributed by atoms with Crippen molar-refractivity contribution in [3.05, 3.63) is 29.5 Å². The Kier molecular flexibility index (Phi) is 5.46. The number of hydrogen-bond acceptors (Lipinski definition) is 4. The van der Waals surface area contributed by atoms with Crippen LogP contribution in [-0.4, -0.2) is 49.2 Å². The molecule has 6 nitrogen and oxygen atoms in total. The summed E-state index contributed by atoms with van der Waals surface area (Å²) in [5.74, 6) is 0.601. The minimum atomic E-state index is -3.55. The van der Waals surface area contributed by atoms with Crippen LogP contribution in [0, 0.1) is 12.8 Å². The number of piperidine rings is 2. The zero-order valence-corrected chi connectivity index (χ0v) is 18.3. The molecule has 29 heavy (non-hydrogen) atoms. The van der Waals surface area contributed by atoms with E-state index >= 15 is 0 Å². The monoisotopic (exact) mass is 418 g/mol. The molecule has 1 aromatic carbocycles. The van der Waals surface area contributed by atoms with Crippen molar-refractivity contribution in [2.75, 3.05) is 19.6 Å². The largest absolute Gasteiger partial charge is 0.451 e. The number of carbonyl (C=O) groups is 1. The van der Waals surface area contributed by atoms with E-state index in [1.165, 1.54) is 0 Å². The van der Waals surface area contributed by atoms with E-state index in [0.29, 0.717) is 41.3 Å². The quantitative estimate of drug-likeness (QED) is 0.750. The van der Waals surface area contributed by atoms with Crippen LogP contribution >= 0.6 is 0 Å². The molecule has 4 rings (SSSR count). The Morgan fingerprint density at radius 3 is 2.62 bits per heavy atom. The summed E-state index contributed by atoms with van der Waals surface area (Å²) < 4.78 is 33.8. The maximum absolute atomic E-state index is 13.1. The Balaban J connectivity index is 1.68. The number of likely N-dealkylation sites (tertiary alicyclic amines) is 1. The van der Waals surface area contributed by atoms with Gasteiger partial charge in [0.25, 0.3) is 5.91 Å². The lowest BCUT2D eigenvalue weighted by Gasteiger charge is -2.32. The van der Waals surface area contributed by atoms with E-state index in [4.69, 9.17) is 4.42 Å². The Bertz CT molecular complexity index is 1030. The fraction of sp³-hybridized carbons (Fsp3) is 0.591. The predicted molar refractivity (Wildman–Crippen MR) is 112 cm³/mol. The number of fused-ring (bicyclic) bond motifs is 1. The van der Waals surface area contributed by atoms with E-state index in [0.717, 1.165) is 38.6 Å². The summed E-state index contributed by atoms with van der Waals surface area (Å²) in [6.07, 6.45) is 5.10. The van der Waals surface area contributed by atoms with E-state index in [1.54, 1.807) is 22.5 Å². The van der Waals surface area contributed by atoms with Crippen LogP contribution in [0.25, 0.3) is 11.0 Å². The van der Waals surface area contributed by atoms with E-state index in [9.17, 15) is 13.2 Å². The second-order valence-electron chi connectivity index (χ2n) is 8.67. The third-order valence-corrected chi connectivity index (χ3v) is 8.28. The van der Waals surface area contributed by atoms with Crippen LogP contribution in [0.3, 0.4) is 0 Å². The maximum Gasteiger partial charge on any atom is 0.290 e. The summed E-state index contributed by atoms with van der Waals surface area (Å²) in [6.45, 7) is 7.85. The smallest absolute Gasteiger partial charge is 0.290 e. The van der Waals surface area contributed by atoms with Gasteiger partial charge in [0.15, 0.2) is 5.76 Å². The molecule has 0 spiro atoms. The molecule has 0 N–H and O–H groups in total. The molecule has 0 aliphatic carbocycles. The highest BCUT2D eigenvalue weighted by atomic mass is 32.2. The Labute approximate surface area is 172 Å². The van der Waals surface area contributed by atoms with Gasteiger partial charge in [-0.3, -0.25) is 4.79 Å². The molecule has 0 saturated carbocycles. The van der Waals surface area contributed by atoms with Crippen molar-refractivity contribution >= 4 is 26.9 Å². The molecule has 0 radical (unpaired) electrons. The van der Waals surface area contributed by atoms with Crippen LogP contribution in [0.5, 0.6) is 0 Å². The second-order valence-corrected chi connectivity index (χ2v) is 10.6. The summed E-state index contributed by atoms with van der Waals surface area (Å²) in [5.41, 5.74) is 1.27. The third kappa shape index (κ3) is 3.70. The molecule has 2 aliphatic rings. The molecule has 2 aromatic rings. The predicted octanol–water partition coefficient (Wildman–Crippen LogP) is 4.18. The molecule has 2 aliphatic heterocycles. The number of benzene rings is 1. The first-order valence-electron chi connectivity index (χ1n) is 10.6. The first kappa shape index (κ1) is 20.4. The second kappa shape index (κ2) is 7.76. The normalized spacial score (nSPS) is 24.2. The number of furan rings is 1. The third-order valence-electron chi connectivity index (χ3n) is 6.42. The number of amides is 1. The van der Waals surface area contributed by atoms with Crippen LogP contribution in [0.2, 0.25) is 0 Å². The fourth-order valence-electron chi connectivity index (χ4n) is 4.61. The summed E-state index contributed by atoms with van der Waals surface area (Å²) >= 11 is 0. The van der Waals surface area contributed by atoms with Gasteiger partial charge in [-0.2, -0.15) is 4.31 Å². The maximum atomic E-state index is 13.1. The summed E-state index contributed by atoms with van der Waals surface area (Å²) in [7, 11) is -3.55. The van der Waals surface area contributed by atoms with E-state index < -0.39 is 10.0 Å². The van der Waals surface area contributed by atoms with Gasteiger partial charge in [0.1, 0.15) is 5.58 Å². The van der Waals surface area contributed by atoms with E-state index in [1.807, 2.05) is 11.8 Å². The van der Waals surface area contributed by atoms with Gasteiger partial charge >= 0.3 is 0 Å². The molecular formula is C22H30N2O4S. The average molecular weight is 419 g/mol. The molecular weight excluding hydrogens is 388 g/mol. The zero-order chi connectivity index (χ0) is 20.8. The topological polar surface area (TPSA) is 70.8 Å². The summed E-state index contributed by atoms with van der Waals surface area (Å²) in [5, 5.41) is 0.698. The lowest BCUT2D eigenvalue weighted by Crippen LogP contribution is -2.42. The van der Waals surface area contributed by atoms with Crippen molar-refractivity contribution in [1.82, 2.24) is 9.21 Å². The number of sulfonamides is 1. The molecule has 2 atom stereocenters. The number of nitrogens with zero attached hydrogens (tertiary/aromatic N) is 2. The minimum Gasteiger partial charge on any atom is -0.451 e. The first-order chi connectivity index (χ1) is 13.8. The molecule has 2 fully saturated rings. The van der Waals surface area contributed by atoms with Crippen LogP contribution in [0.1, 0.15) is 62.1 Å². The number of hydrogen-bond donors (Lipinski definition) is 0. The van der Waals surface area contributed by atoms with Gasteiger partial charge < -0.3 is 9.32 Å². The van der Waals surface area contributed by atoms with Crippen molar-refractivity contribution < 1.29 is 17.6 Å².